The van der Waals surface area contributed by atoms with Crippen LogP contribution in [0.25, 0.3) is 0 Å². The van der Waals surface area contributed by atoms with Gasteiger partial charge in [0.05, 0.1) is 18.7 Å². The molecule has 6 nitrogen and oxygen atoms in total. The van der Waals surface area contributed by atoms with Gasteiger partial charge in [0, 0.05) is 24.0 Å². The molecular formula is C21H21N5O. The zero-order valence-electron chi connectivity index (χ0n) is 15.4. The Morgan fingerprint density at radius 3 is 2.74 bits per heavy atom. The molecule has 0 amide bonds. The first-order valence-electron chi connectivity index (χ1n) is 8.66. The van der Waals surface area contributed by atoms with Gasteiger partial charge in [-0.15, -0.1) is 0 Å². The summed E-state index contributed by atoms with van der Waals surface area (Å²) < 4.78 is 5.25. The standard InChI is InChI=1S/C21H21N5O/c1-15-11-20(25-18-7-3-6-17(12-18)14-22)26-21(24-15)23-10-9-16-5-4-8-19(13-16)27-2/h3-8,11-13H,9-10H2,1-2H3,(H2,23,24,25,26). The van der Waals surface area contributed by atoms with E-state index in [9.17, 15) is 0 Å². The van der Waals surface area contributed by atoms with E-state index in [4.69, 9.17) is 10.00 Å². The van der Waals surface area contributed by atoms with Crippen LogP contribution in [0.2, 0.25) is 0 Å². The van der Waals surface area contributed by atoms with E-state index in [1.54, 1.807) is 19.2 Å². The Morgan fingerprint density at radius 2 is 1.93 bits per heavy atom. The average Bonchev–Trinajstić information content (AvgIpc) is 2.68. The number of hydrogen-bond acceptors (Lipinski definition) is 6. The SMILES string of the molecule is COc1cccc(CCNc2nc(C)cc(Nc3cccc(C#N)c3)n2)c1. The van der Waals surface area contributed by atoms with Gasteiger partial charge >= 0.3 is 0 Å². The highest BCUT2D eigenvalue weighted by molar-refractivity contribution is 5.59. The number of hydrogen-bond donors (Lipinski definition) is 2. The molecule has 0 spiro atoms. The molecule has 0 bridgehead atoms. The topological polar surface area (TPSA) is 82.9 Å². The minimum Gasteiger partial charge on any atom is -0.497 e. The van der Waals surface area contributed by atoms with Gasteiger partial charge in [0.15, 0.2) is 0 Å². The summed E-state index contributed by atoms with van der Waals surface area (Å²) in [5.74, 6) is 2.10. The highest BCUT2D eigenvalue weighted by Crippen LogP contribution is 2.18. The van der Waals surface area contributed by atoms with E-state index in [1.807, 2.05) is 43.3 Å². The average molecular weight is 359 g/mol. The lowest BCUT2D eigenvalue weighted by Crippen LogP contribution is -2.09. The second kappa shape index (κ2) is 8.68. The Morgan fingerprint density at radius 1 is 1.07 bits per heavy atom. The zero-order valence-corrected chi connectivity index (χ0v) is 15.4. The Hall–Kier alpha value is -3.59. The minimum absolute atomic E-state index is 0.567. The van der Waals surface area contributed by atoms with Gasteiger partial charge in [-0.05, 0) is 49.2 Å². The molecule has 1 aromatic heterocycles. The third kappa shape index (κ3) is 5.19. The number of aryl methyl sites for hydroxylation is 1. The number of ether oxygens (including phenoxy) is 1. The summed E-state index contributed by atoms with van der Waals surface area (Å²) in [7, 11) is 1.67. The molecule has 0 atom stereocenters. The molecule has 0 fully saturated rings. The summed E-state index contributed by atoms with van der Waals surface area (Å²) in [4.78, 5) is 8.94. The molecule has 0 saturated carbocycles. The van der Waals surface area contributed by atoms with Crippen LogP contribution in [-0.4, -0.2) is 23.6 Å². The quantitative estimate of drug-likeness (QED) is 0.662. The van der Waals surface area contributed by atoms with Gasteiger partial charge in [-0.2, -0.15) is 10.2 Å². The lowest BCUT2D eigenvalue weighted by molar-refractivity contribution is 0.414. The maximum absolute atomic E-state index is 9.02. The van der Waals surface area contributed by atoms with Crippen LogP contribution in [0.5, 0.6) is 5.75 Å². The number of nitriles is 1. The summed E-state index contributed by atoms with van der Waals surface area (Å²) in [5, 5.41) is 15.5. The molecule has 0 aliphatic carbocycles. The summed E-state index contributed by atoms with van der Waals surface area (Å²) in [6.07, 6.45) is 0.835. The fourth-order valence-electron chi connectivity index (χ4n) is 2.67. The van der Waals surface area contributed by atoms with Crippen LogP contribution >= 0.6 is 0 Å². The summed E-state index contributed by atoms with van der Waals surface area (Å²) >= 11 is 0. The van der Waals surface area contributed by atoms with Crippen LogP contribution in [0.1, 0.15) is 16.8 Å². The Bertz CT molecular complexity index is 965. The van der Waals surface area contributed by atoms with Crippen LogP contribution in [-0.2, 0) is 6.42 Å². The summed E-state index contributed by atoms with van der Waals surface area (Å²) in [5.41, 5.74) is 3.45. The molecule has 3 rings (SSSR count). The van der Waals surface area contributed by atoms with Gasteiger partial charge in [0.2, 0.25) is 5.95 Å². The van der Waals surface area contributed by atoms with Crippen molar-refractivity contribution >= 4 is 17.5 Å². The molecule has 1 heterocycles. The molecule has 0 unspecified atom stereocenters. The minimum atomic E-state index is 0.567. The smallest absolute Gasteiger partial charge is 0.224 e. The zero-order chi connectivity index (χ0) is 19.1. The maximum atomic E-state index is 9.02. The third-order valence-corrected chi connectivity index (χ3v) is 3.95. The highest BCUT2D eigenvalue weighted by atomic mass is 16.5. The van der Waals surface area contributed by atoms with E-state index < -0.39 is 0 Å². The van der Waals surface area contributed by atoms with Crippen molar-refractivity contribution in [3.8, 4) is 11.8 Å². The molecule has 0 saturated heterocycles. The molecule has 2 aromatic carbocycles. The largest absolute Gasteiger partial charge is 0.497 e. The molecule has 2 N–H and O–H groups in total. The van der Waals surface area contributed by atoms with E-state index in [0.717, 1.165) is 23.6 Å². The number of nitrogens with zero attached hydrogens (tertiary/aromatic N) is 3. The number of nitrogens with one attached hydrogen (secondary N) is 2. The molecule has 136 valence electrons. The van der Waals surface area contributed by atoms with Gasteiger partial charge in [0.1, 0.15) is 11.6 Å². The molecule has 27 heavy (non-hydrogen) atoms. The Kier molecular flexibility index (Phi) is 5.85. The van der Waals surface area contributed by atoms with Crippen molar-refractivity contribution in [2.24, 2.45) is 0 Å². The summed E-state index contributed by atoms with van der Waals surface area (Å²) in [6.45, 7) is 2.63. The van der Waals surface area contributed by atoms with Crippen molar-refractivity contribution in [2.45, 2.75) is 13.3 Å². The van der Waals surface area contributed by atoms with Crippen molar-refractivity contribution < 1.29 is 4.74 Å². The lowest BCUT2D eigenvalue weighted by Gasteiger charge is -2.10. The third-order valence-electron chi connectivity index (χ3n) is 3.95. The van der Waals surface area contributed by atoms with Gasteiger partial charge in [-0.3, -0.25) is 0 Å². The van der Waals surface area contributed by atoms with Crippen LogP contribution in [0, 0.1) is 18.3 Å². The first-order chi connectivity index (χ1) is 13.2. The molecule has 0 aliphatic heterocycles. The van der Waals surface area contributed by atoms with Crippen LogP contribution in [0.3, 0.4) is 0 Å². The lowest BCUT2D eigenvalue weighted by atomic mass is 10.1. The predicted molar refractivity (Wildman–Crippen MR) is 106 cm³/mol. The van der Waals surface area contributed by atoms with Crippen LogP contribution in [0.4, 0.5) is 17.5 Å². The molecule has 3 aromatic rings. The van der Waals surface area contributed by atoms with Crippen molar-refractivity contribution in [2.75, 3.05) is 24.3 Å². The fourth-order valence-corrected chi connectivity index (χ4v) is 2.67. The van der Waals surface area contributed by atoms with Gasteiger partial charge < -0.3 is 15.4 Å². The van der Waals surface area contributed by atoms with E-state index in [1.165, 1.54) is 5.56 Å². The maximum Gasteiger partial charge on any atom is 0.224 e. The highest BCUT2D eigenvalue weighted by Gasteiger charge is 2.04. The van der Waals surface area contributed by atoms with Gasteiger partial charge in [0.25, 0.3) is 0 Å². The van der Waals surface area contributed by atoms with E-state index >= 15 is 0 Å². The number of anilines is 3. The number of rotatable bonds is 7. The molecular weight excluding hydrogens is 338 g/mol. The Balaban J connectivity index is 1.65. The Labute approximate surface area is 158 Å². The first-order valence-corrected chi connectivity index (χ1v) is 8.66. The number of aromatic nitrogens is 2. The molecule has 6 heteroatoms. The molecule has 0 aliphatic rings. The van der Waals surface area contributed by atoms with Crippen molar-refractivity contribution in [1.82, 2.24) is 9.97 Å². The van der Waals surface area contributed by atoms with E-state index in [-0.39, 0.29) is 0 Å². The van der Waals surface area contributed by atoms with Crippen molar-refractivity contribution in [3.05, 3.63) is 71.4 Å². The molecule has 0 radical (unpaired) electrons. The monoisotopic (exact) mass is 359 g/mol. The van der Waals surface area contributed by atoms with Gasteiger partial charge in [-0.25, -0.2) is 4.98 Å². The van der Waals surface area contributed by atoms with Crippen molar-refractivity contribution in [1.29, 1.82) is 5.26 Å². The number of methoxy groups -OCH3 is 1. The fraction of sp³-hybridized carbons (Fsp3) is 0.190. The van der Waals surface area contributed by atoms with E-state index in [2.05, 4.69) is 32.7 Å². The second-order valence-electron chi connectivity index (χ2n) is 6.06. The van der Waals surface area contributed by atoms with Crippen molar-refractivity contribution in [3.63, 3.8) is 0 Å². The van der Waals surface area contributed by atoms with Crippen LogP contribution < -0.4 is 15.4 Å². The van der Waals surface area contributed by atoms with Gasteiger partial charge in [-0.1, -0.05) is 18.2 Å². The summed E-state index contributed by atoms with van der Waals surface area (Å²) in [6, 6.07) is 19.3. The predicted octanol–water partition coefficient (Wildman–Crippen LogP) is 4.06. The van der Waals surface area contributed by atoms with E-state index in [0.29, 0.717) is 23.9 Å². The van der Waals surface area contributed by atoms with Crippen LogP contribution in [0.15, 0.2) is 54.6 Å². The first kappa shape index (κ1) is 18.2. The normalized spacial score (nSPS) is 10.1. The second-order valence-corrected chi connectivity index (χ2v) is 6.06. The number of benzene rings is 2.